The maximum absolute atomic E-state index is 13.1. The lowest BCUT2D eigenvalue weighted by Gasteiger charge is -2.45. The molecule has 0 spiro atoms. The number of hydrogen-bond donors (Lipinski definition) is 1. The molecular weight excluding hydrogens is 382 g/mol. The van der Waals surface area contributed by atoms with Crippen LogP contribution in [0.15, 0.2) is 0 Å². The summed E-state index contributed by atoms with van der Waals surface area (Å²) in [7, 11) is 0. The Labute approximate surface area is 194 Å². The van der Waals surface area contributed by atoms with Gasteiger partial charge in [-0.05, 0) is 46.3 Å². The first kappa shape index (κ1) is 30.1. The summed E-state index contributed by atoms with van der Waals surface area (Å²) in [5, 5.41) is 3.25. The van der Waals surface area contributed by atoms with E-state index in [4.69, 9.17) is 0 Å². The van der Waals surface area contributed by atoms with Gasteiger partial charge >= 0.3 is 0 Å². The monoisotopic (exact) mass is 437 g/mol. The van der Waals surface area contributed by atoms with Crippen molar-refractivity contribution in [1.82, 2.24) is 5.32 Å². The summed E-state index contributed by atoms with van der Waals surface area (Å²) in [5.41, 5.74) is -0.283. The van der Waals surface area contributed by atoms with E-state index in [1.165, 1.54) is 0 Å². The summed E-state index contributed by atoms with van der Waals surface area (Å²) in [6, 6.07) is 0.0689. The predicted octanol–water partition coefficient (Wildman–Crippen LogP) is 7.67. The van der Waals surface area contributed by atoms with Gasteiger partial charge in [-0.3, -0.25) is 9.59 Å². The SMILES string of the molecule is CC(CC(C)C(C)(C)C)C(=O)CC(C)(C)C(C)(C)CC(=O)NC(C)C(C)(C)C(C)(C)C. The molecule has 0 aromatic rings. The lowest BCUT2D eigenvalue weighted by molar-refractivity contribution is -0.131. The molecule has 0 aromatic carbocycles. The first-order chi connectivity index (χ1) is 13.5. The van der Waals surface area contributed by atoms with E-state index in [1.807, 2.05) is 0 Å². The molecule has 0 radical (unpaired) electrons. The molecule has 0 aromatic heterocycles. The molecule has 3 atom stereocenters. The standard InChI is InChI=1S/C28H55NO2/c1-19(16-20(2)24(4,5)6)22(30)17-26(10,11)27(12,13)18-23(31)29-21(3)28(14,15)25(7,8)9/h19-21H,16-18H2,1-15H3,(H,29,31). The van der Waals surface area contributed by atoms with Crippen LogP contribution in [-0.2, 0) is 9.59 Å². The Morgan fingerprint density at radius 3 is 1.52 bits per heavy atom. The zero-order valence-corrected chi connectivity index (χ0v) is 23.7. The number of nitrogens with one attached hydrogen (secondary N) is 1. The summed E-state index contributed by atoms with van der Waals surface area (Å²) >= 11 is 0. The Morgan fingerprint density at radius 1 is 0.710 bits per heavy atom. The number of amides is 1. The van der Waals surface area contributed by atoms with E-state index < -0.39 is 0 Å². The van der Waals surface area contributed by atoms with E-state index in [0.717, 1.165) is 6.42 Å². The molecular formula is C28H55NO2. The van der Waals surface area contributed by atoms with Crippen molar-refractivity contribution in [2.24, 2.45) is 38.9 Å². The molecule has 3 nitrogen and oxygen atoms in total. The maximum Gasteiger partial charge on any atom is 0.220 e. The largest absolute Gasteiger partial charge is 0.353 e. The zero-order chi connectivity index (χ0) is 25.2. The molecule has 3 unspecified atom stereocenters. The van der Waals surface area contributed by atoms with Crippen LogP contribution in [0.1, 0.15) is 123 Å². The first-order valence-electron chi connectivity index (χ1n) is 12.3. The number of rotatable bonds is 10. The Bertz CT molecular complexity index is 614. The topological polar surface area (TPSA) is 46.2 Å². The molecule has 0 aliphatic rings. The summed E-state index contributed by atoms with van der Waals surface area (Å²) in [6.45, 7) is 32.7. The third-order valence-electron chi connectivity index (χ3n) is 9.18. The van der Waals surface area contributed by atoms with Crippen molar-refractivity contribution in [2.75, 3.05) is 0 Å². The van der Waals surface area contributed by atoms with Gasteiger partial charge < -0.3 is 5.32 Å². The Balaban J connectivity index is 5.16. The van der Waals surface area contributed by atoms with Crippen LogP contribution in [0.25, 0.3) is 0 Å². The third-order valence-corrected chi connectivity index (χ3v) is 9.18. The van der Waals surface area contributed by atoms with Crippen LogP contribution in [0.2, 0.25) is 0 Å². The molecule has 1 N–H and O–H groups in total. The van der Waals surface area contributed by atoms with Crippen molar-refractivity contribution in [3.05, 3.63) is 0 Å². The molecule has 0 rings (SSSR count). The molecule has 0 bridgehead atoms. The van der Waals surface area contributed by atoms with E-state index >= 15 is 0 Å². The van der Waals surface area contributed by atoms with Crippen molar-refractivity contribution < 1.29 is 9.59 Å². The number of Topliss-reactive ketones (excluding diaryl/α,β-unsaturated/α-hetero) is 1. The van der Waals surface area contributed by atoms with Crippen LogP contribution in [-0.4, -0.2) is 17.7 Å². The van der Waals surface area contributed by atoms with E-state index in [9.17, 15) is 9.59 Å². The van der Waals surface area contributed by atoms with Crippen LogP contribution in [0.4, 0.5) is 0 Å². The number of carbonyl (C=O) groups is 2. The first-order valence-corrected chi connectivity index (χ1v) is 12.3. The molecule has 31 heavy (non-hydrogen) atoms. The van der Waals surface area contributed by atoms with Gasteiger partial charge in [0.15, 0.2) is 0 Å². The average Bonchev–Trinajstić information content (AvgIpc) is 2.51. The van der Waals surface area contributed by atoms with Gasteiger partial charge in [-0.15, -0.1) is 0 Å². The highest BCUT2D eigenvalue weighted by Crippen LogP contribution is 2.46. The van der Waals surface area contributed by atoms with Gasteiger partial charge in [-0.1, -0.05) is 96.9 Å². The number of ketones is 1. The fourth-order valence-corrected chi connectivity index (χ4v) is 3.63. The van der Waals surface area contributed by atoms with Crippen molar-refractivity contribution in [3.63, 3.8) is 0 Å². The molecule has 0 heterocycles. The van der Waals surface area contributed by atoms with E-state index in [0.29, 0.717) is 24.5 Å². The van der Waals surface area contributed by atoms with Crippen molar-refractivity contribution in [2.45, 2.75) is 129 Å². The van der Waals surface area contributed by atoms with Crippen molar-refractivity contribution in [1.29, 1.82) is 0 Å². The average molecular weight is 438 g/mol. The molecule has 0 aliphatic heterocycles. The van der Waals surface area contributed by atoms with Crippen LogP contribution in [0.3, 0.4) is 0 Å². The minimum absolute atomic E-state index is 0.0303. The fraction of sp³-hybridized carbons (Fsp3) is 0.929. The lowest BCUT2D eigenvalue weighted by atomic mass is 9.62. The fourth-order valence-electron chi connectivity index (χ4n) is 3.63. The predicted molar refractivity (Wildman–Crippen MR) is 135 cm³/mol. The highest BCUT2D eigenvalue weighted by Gasteiger charge is 2.43. The Kier molecular flexibility index (Phi) is 9.68. The highest BCUT2D eigenvalue weighted by molar-refractivity contribution is 5.82. The summed E-state index contributed by atoms with van der Waals surface area (Å²) in [4.78, 5) is 26.0. The second-order valence-electron chi connectivity index (χ2n) is 14.3. The summed E-state index contributed by atoms with van der Waals surface area (Å²) < 4.78 is 0. The van der Waals surface area contributed by atoms with Gasteiger partial charge in [0.25, 0.3) is 0 Å². The van der Waals surface area contributed by atoms with Gasteiger partial charge in [-0.25, -0.2) is 0 Å². The normalized spacial score (nSPS) is 17.1. The third kappa shape index (κ3) is 8.21. The molecule has 0 aliphatic carbocycles. The Hall–Kier alpha value is -0.860. The van der Waals surface area contributed by atoms with Crippen molar-refractivity contribution >= 4 is 11.7 Å². The molecule has 0 saturated heterocycles. The molecule has 0 saturated carbocycles. The minimum Gasteiger partial charge on any atom is -0.353 e. The van der Waals surface area contributed by atoms with Gasteiger partial charge in [0.05, 0.1) is 0 Å². The number of hydrogen-bond acceptors (Lipinski definition) is 2. The molecule has 184 valence electrons. The van der Waals surface area contributed by atoms with Gasteiger partial charge in [0.2, 0.25) is 5.91 Å². The Morgan fingerprint density at radius 2 is 1.13 bits per heavy atom. The minimum atomic E-state index is -0.284. The molecule has 0 fully saturated rings. The van der Waals surface area contributed by atoms with Crippen LogP contribution in [0.5, 0.6) is 0 Å². The van der Waals surface area contributed by atoms with Gasteiger partial charge in [0, 0.05) is 24.8 Å². The summed E-state index contributed by atoms with van der Waals surface area (Å²) in [6.07, 6.45) is 1.84. The lowest BCUT2D eigenvalue weighted by Crippen LogP contribution is -2.50. The zero-order valence-electron chi connectivity index (χ0n) is 23.7. The van der Waals surface area contributed by atoms with Gasteiger partial charge in [0.1, 0.15) is 5.78 Å². The van der Waals surface area contributed by atoms with Crippen molar-refractivity contribution in [3.8, 4) is 0 Å². The molecule has 1 amide bonds. The second kappa shape index (κ2) is 9.96. The van der Waals surface area contributed by atoms with E-state index in [1.54, 1.807) is 0 Å². The highest BCUT2D eigenvalue weighted by atomic mass is 16.1. The number of carbonyl (C=O) groups excluding carboxylic acids is 2. The van der Waals surface area contributed by atoms with E-state index in [-0.39, 0.29) is 44.9 Å². The van der Waals surface area contributed by atoms with Crippen LogP contribution >= 0.6 is 0 Å². The van der Waals surface area contributed by atoms with Crippen LogP contribution in [0, 0.1) is 38.9 Å². The summed E-state index contributed by atoms with van der Waals surface area (Å²) in [5.74, 6) is 0.924. The second-order valence-corrected chi connectivity index (χ2v) is 14.3. The smallest absolute Gasteiger partial charge is 0.220 e. The van der Waals surface area contributed by atoms with Crippen LogP contribution < -0.4 is 5.32 Å². The molecule has 3 heteroatoms. The maximum atomic E-state index is 13.1. The quantitative estimate of drug-likeness (QED) is 0.381. The van der Waals surface area contributed by atoms with Gasteiger partial charge in [-0.2, -0.15) is 0 Å². The van der Waals surface area contributed by atoms with E-state index in [2.05, 4.69) is 109 Å².